The molecule has 0 aliphatic carbocycles. The number of fused-ring (bicyclic) bond motifs is 1. The summed E-state index contributed by atoms with van der Waals surface area (Å²) in [7, 11) is 0. The van der Waals surface area contributed by atoms with Crippen LogP contribution in [0.4, 0.5) is 5.69 Å². The molecule has 24 heavy (non-hydrogen) atoms. The van der Waals surface area contributed by atoms with E-state index >= 15 is 0 Å². The third-order valence-electron chi connectivity index (χ3n) is 3.32. The van der Waals surface area contributed by atoms with Crippen LogP contribution in [0.1, 0.15) is 16.1 Å². The zero-order valence-electron chi connectivity index (χ0n) is 12.9. The molecule has 0 atom stereocenters. The lowest BCUT2D eigenvalue weighted by atomic mass is 10.2. The summed E-state index contributed by atoms with van der Waals surface area (Å²) in [4.78, 5) is 27.3. The maximum Gasteiger partial charge on any atom is 0.335 e. The highest BCUT2D eigenvalue weighted by Gasteiger charge is 2.09. The molecule has 7 heteroatoms. The lowest BCUT2D eigenvalue weighted by Crippen LogP contribution is -2.20. The molecular formula is C17H15N3O4. The fraction of sp³-hybridized carbons (Fsp3) is 0.118. The van der Waals surface area contributed by atoms with E-state index in [0.29, 0.717) is 17.1 Å². The molecule has 0 unspecified atom stereocenters. The Kier molecular flexibility index (Phi) is 4.15. The minimum absolute atomic E-state index is 0.103. The van der Waals surface area contributed by atoms with Gasteiger partial charge in [0.05, 0.1) is 11.3 Å². The maximum atomic E-state index is 12.0. The minimum atomic E-state index is -1.05. The molecule has 2 aromatic heterocycles. The third-order valence-corrected chi connectivity index (χ3v) is 3.32. The zero-order valence-corrected chi connectivity index (χ0v) is 12.9. The lowest BCUT2D eigenvalue weighted by Gasteiger charge is -2.08. The summed E-state index contributed by atoms with van der Waals surface area (Å²) in [6.07, 6.45) is 3.71. The van der Waals surface area contributed by atoms with Crippen molar-refractivity contribution in [2.45, 2.75) is 6.92 Å². The van der Waals surface area contributed by atoms with E-state index in [-0.39, 0.29) is 18.1 Å². The summed E-state index contributed by atoms with van der Waals surface area (Å²) in [5, 5.41) is 11.6. The number of nitrogens with zero attached hydrogens (tertiary/aromatic N) is 2. The van der Waals surface area contributed by atoms with E-state index in [4.69, 9.17) is 9.84 Å². The van der Waals surface area contributed by atoms with Gasteiger partial charge in [-0.15, -0.1) is 0 Å². The average Bonchev–Trinajstić information content (AvgIpc) is 2.94. The number of hydrogen-bond donors (Lipinski definition) is 2. The number of imidazole rings is 1. The highest BCUT2D eigenvalue weighted by molar-refractivity contribution is 5.94. The van der Waals surface area contributed by atoms with Gasteiger partial charge in [-0.25, -0.2) is 9.78 Å². The molecule has 0 saturated carbocycles. The Balaban J connectivity index is 1.67. The number of carbonyl (C=O) groups excluding carboxylic acids is 1. The van der Waals surface area contributed by atoms with E-state index in [1.807, 2.05) is 23.7 Å². The highest BCUT2D eigenvalue weighted by atomic mass is 16.5. The molecule has 0 fully saturated rings. The second-order valence-corrected chi connectivity index (χ2v) is 5.21. The summed E-state index contributed by atoms with van der Waals surface area (Å²) in [5.41, 5.74) is 1.99. The quantitative estimate of drug-likeness (QED) is 0.751. The summed E-state index contributed by atoms with van der Waals surface area (Å²) in [6, 6.07) is 9.56. The van der Waals surface area contributed by atoms with Crippen molar-refractivity contribution in [2.24, 2.45) is 0 Å². The predicted octanol–water partition coefficient (Wildman–Crippen LogP) is 2.36. The lowest BCUT2D eigenvalue weighted by molar-refractivity contribution is -0.118. The summed E-state index contributed by atoms with van der Waals surface area (Å²) < 4.78 is 7.35. The van der Waals surface area contributed by atoms with Crippen molar-refractivity contribution in [1.29, 1.82) is 0 Å². The topological polar surface area (TPSA) is 92.9 Å². The number of amides is 1. The van der Waals surface area contributed by atoms with Gasteiger partial charge in [-0.2, -0.15) is 0 Å². The largest absolute Gasteiger partial charge is 0.480 e. The predicted molar refractivity (Wildman–Crippen MR) is 87.5 cm³/mol. The van der Waals surface area contributed by atoms with Crippen LogP contribution < -0.4 is 10.1 Å². The standard InChI is InChI=1S/C17H15N3O4/c1-11-9-20-7-3-6-14(16(20)18-11)24-10-15(21)19-13-5-2-4-12(8-13)17(22)23/h2-9H,10H2,1H3,(H,19,21)(H,22,23). The number of carbonyl (C=O) groups is 2. The maximum absolute atomic E-state index is 12.0. The normalized spacial score (nSPS) is 10.5. The number of carboxylic acid groups (broad SMARTS) is 1. The van der Waals surface area contributed by atoms with Gasteiger partial charge in [0, 0.05) is 18.1 Å². The molecule has 1 amide bonds. The fourth-order valence-electron chi connectivity index (χ4n) is 2.29. The molecule has 2 heterocycles. The third kappa shape index (κ3) is 3.35. The van der Waals surface area contributed by atoms with Gasteiger partial charge in [0.25, 0.3) is 5.91 Å². The Morgan fingerprint density at radius 3 is 2.92 bits per heavy atom. The first-order chi connectivity index (χ1) is 11.5. The van der Waals surface area contributed by atoms with Crippen LogP contribution in [-0.2, 0) is 4.79 Å². The van der Waals surface area contributed by atoms with E-state index in [2.05, 4.69) is 10.3 Å². The summed E-state index contributed by atoms with van der Waals surface area (Å²) in [5.74, 6) is -0.938. The van der Waals surface area contributed by atoms with Crippen LogP contribution in [0.25, 0.3) is 5.65 Å². The van der Waals surface area contributed by atoms with Crippen LogP contribution >= 0.6 is 0 Å². The number of ether oxygens (including phenoxy) is 1. The fourth-order valence-corrected chi connectivity index (χ4v) is 2.29. The molecule has 1 aromatic carbocycles. The number of benzene rings is 1. The first-order valence-corrected chi connectivity index (χ1v) is 7.23. The van der Waals surface area contributed by atoms with E-state index < -0.39 is 5.97 Å². The van der Waals surface area contributed by atoms with Crippen LogP contribution in [0.3, 0.4) is 0 Å². The molecule has 0 spiro atoms. The van der Waals surface area contributed by atoms with Crippen molar-refractivity contribution < 1.29 is 19.4 Å². The number of hydrogen-bond acceptors (Lipinski definition) is 4. The number of aromatic nitrogens is 2. The zero-order chi connectivity index (χ0) is 17.1. The SMILES string of the molecule is Cc1cn2cccc(OCC(=O)Nc3cccc(C(=O)O)c3)c2n1. The Morgan fingerprint density at radius 1 is 1.29 bits per heavy atom. The van der Waals surface area contributed by atoms with Crippen molar-refractivity contribution in [1.82, 2.24) is 9.38 Å². The number of anilines is 1. The van der Waals surface area contributed by atoms with Crippen molar-refractivity contribution >= 4 is 23.2 Å². The molecule has 2 N–H and O–H groups in total. The van der Waals surface area contributed by atoms with Gasteiger partial charge in [0.2, 0.25) is 0 Å². The van der Waals surface area contributed by atoms with Crippen LogP contribution in [0.5, 0.6) is 5.75 Å². The van der Waals surface area contributed by atoms with Gasteiger partial charge in [-0.1, -0.05) is 6.07 Å². The molecule has 0 radical (unpaired) electrons. The number of aryl methyl sites for hydroxylation is 1. The van der Waals surface area contributed by atoms with Crippen molar-refractivity contribution in [3.05, 3.63) is 60.0 Å². The highest BCUT2D eigenvalue weighted by Crippen LogP contribution is 2.19. The monoisotopic (exact) mass is 325 g/mol. The number of pyridine rings is 1. The van der Waals surface area contributed by atoms with Gasteiger partial charge in [-0.05, 0) is 37.3 Å². The Labute approximate surface area is 137 Å². The average molecular weight is 325 g/mol. The second-order valence-electron chi connectivity index (χ2n) is 5.21. The van der Waals surface area contributed by atoms with Crippen LogP contribution in [0.2, 0.25) is 0 Å². The van der Waals surface area contributed by atoms with E-state index in [1.165, 1.54) is 12.1 Å². The summed E-state index contributed by atoms with van der Waals surface area (Å²) in [6.45, 7) is 1.67. The Hall–Kier alpha value is -3.35. The minimum Gasteiger partial charge on any atom is -0.480 e. The van der Waals surface area contributed by atoms with E-state index in [9.17, 15) is 9.59 Å². The number of carboxylic acids is 1. The van der Waals surface area contributed by atoms with Gasteiger partial charge < -0.3 is 19.6 Å². The number of nitrogens with one attached hydrogen (secondary N) is 1. The molecule has 3 rings (SSSR count). The first kappa shape index (κ1) is 15.5. The first-order valence-electron chi connectivity index (χ1n) is 7.23. The second kappa shape index (κ2) is 6.41. The molecule has 0 aliphatic rings. The van der Waals surface area contributed by atoms with Gasteiger partial charge in [0.15, 0.2) is 18.0 Å². The van der Waals surface area contributed by atoms with E-state index in [0.717, 1.165) is 5.69 Å². The Morgan fingerprint density at radius 2 is 2.12 bits per heavy atom. The number of rotatable bonds is 5. The van der Waals surface area contributed by atoms with Crippen molar-refractivity contribution in [3.63, 3.8) is 0 Å². The van der Waals surface area contributed by atoms with E-state index in [1.54, 1.807) is 24.3 Å². The van der Waals surface area contributed by atoms with Crippen molar-refractivity contribution in [2.75, 3.05) is 11.9 Å². The van der Waals surface area contributed by atoms with Crippen LogP contribution in [0.15, 0.2) is 48.8 Å². The molecule has 7 nitrogen and oxygen atoms in total. The molecule has 0 aliphatic heterocycles. The molecule has 122 valence electrons. The van der Waals surface area contributed by atoms with Gasteiger partial charge >= 0.3 is 5.97 Å². The number of aromatic carboxylic acids is 1. The Bertz CT molecular complexity index is 917. The van der Waals surface area contributed by atoms with Crippen LogP contribution in [0, 0.1) is 6.92 Å². The molecule has 0 saturated heterocycles. The molecular weight excluding hydrogens is 310 g/mol. The van der Waals surface area contributed by atoms with Crippen LogP contribution in [-0.4, -0.2) is 33.0 Å². The molecule has 3 aromatic rings. The molecule has 0 bridgehead atoms. The smallest absolute Gasteiger partial charge is 0.335 e. The summed E-state index contributed by atoms with van der Waals surface area (Å²) >= 11 is 0. The van der Waals surface area contributed by atoms with Crippen molar-refractivity contribution in [3.8, 4) is 5.75 Å². The van der Waals surface area contributed by atoms with Gasteiger partial charge in [-0.3, -0.25) is 4.79 Å². The van der Waals surface area contributed by atoms with Gasteiger partial charge in [0.1, 0.15) is 0 Å².